The number of benzene rings is 6. The van der Waals surface area contributed by atoms with E-state index < -0.39 is 47.8 Å². The fraction of sp³-hybridized carbons (Fsp3) is 0.160. The van der Waals surface area contributed by atoms with E-state index in [0.717, 1.165) is 33.5 Å². The third kappa shape index (κ3) is 7.44. The molecule has 0 unspecified atom stereocenters. The summed E-state index contributed by atoms with van der Waals surface area (Å²) in [6, 6.07) is 33.1. The average molecular weight is 906 g/mol. The van der Waals surface area contributed by atoms with Crippen LogP contribution in [-0.2, 0) is 31.9 Å². The molecule has 0 aliphatic carbocycles. The Morgan fingerprint density at radius 1 is 0.655 bits per heavy atom. The molecule has 276 valence electrons. The van der Waals surface area contributed by atoms with E-state index in [1.54, 1.807) is 12.1 Å². The number of nitrogens with zero attached hydrogens (tertiary/aromatic N) is 3. The fourth-order valence-corrected chi connectivity index (χ4v) is 6.77. The molecule has 2 heterocycles. The van der Waals surface area contributed by atoms with E-state index in [2.05, 4.69) is 66.7 Å². The molecule has 5 heteroatoms. The van der Waals surface area contributed by atoms with Crippen molar-refractivity contribution in [3.8, 4) is 67.5 Å². The van der Waals surface area contributed by atoms with Crippen molar-refractivity contribution < 1.29 is 37.1 Å². The Bertz CT molecular complexity index is 3070. The number of aromatic hydroxyl groups is 1. The van der Waals surface area contributed by atoms with E-state index in [4.69, 9.17) is 14.6 Å². The van der Waals surface area contributed by atoms with E-state index >= 15 is 0 Å². The van der Waals surface area contributed by atoms with Crippen LogP contribution in [0.3, 0.4) is 0 Å². The van der Waals surface area contributed by atoms with Crippen molar-refractivity contribution in [1.82, 2.24) is 14.5 Å². The molecule has 0 aliphatic rings. The smallest absolute Gasteiger partial charge is 0.148 e. The zero-order valence-electron chi connectivity index (χ0n) is 39.4. The number of phenols is 1. The maximum atomic E-state index is 11.3. The second kappa shape index (κ2) is 14.9. The Morgan fingerprint density at radius 2 is 1.36 bits per heavy atom. The van der Waals surface area contributed by atoms with Gasteiger partial charge in [-0.25, -0.2) is 4.98 Å². The SMILES string of the molecule is [2H]c1nc(-c2[c-]c(-c3cccc4c3nc(-c3ccccc3O)n4-c3ccc(-c4ccccc4)cc3C(C)(C)C)cc(C(C)(C)C)c2)c([2H])c(-c2c([2H])c([2H])c([2H])c([2H])c2[2H])c1[2H].[Pt]. The van der Waals surface area contributed by atoms with Gasteiger partial charge in [0.05, 0.1) is 33.3 Å². The normalized spacial score (nSPS) is 13.8. The van der Waals surface area contributed by atoms with Crippen LogP contribution < -0.4 is 0 Å². The maximum Gasteiger partial charge on any atom is 0.148 e. The largest absolute Gasteiger partial charge is 0.507 e. The molecule has 0 fully saturated rings. The summed E-state index contributed by atoms with van der Waals surface area (Å²) in [7, 11) is 0. The zero-order chi connectivity index (χ0) is 44.6. The number of aromatic nitrogens is 3. The summed E-state index contributed by atoms with van der Waals surface area (Å²) in [6.45, 7) is 12.7. The van der Waals surface area contributed by atoms with Gasteiger partial charge in [0.2, 0.25) is 0 Å². The maximum absolute atomic E-state index is 11.3. The van der Waals surface area contributed by atoms with Gasteiger partial charge in [-0.15, -0.1) is 29.3 Å². The van der Waals surface area contributed by atoms with Crippen LogP contribution >= 0.6 is 0 Å². The summed E-state index contributed by atoms with van der Waals surface area (Å²) in [4.78, 5) is 9.72. The first-order valence-corrected chi connectivity index (χ1v) is 17.9. The minimum atomic E-state index is -0.606. The van der Waals surface area contributed by atoms with Gasteiger partial charge in [0, 0.05) is 32.9 Å². The molecule has 0 radical (unpaired) electrons. The first-order chi connectivity index (χ1) is 29.3. The molecule has 1 N–H and O–H groups in total. The van der Waals surface area contributed by atoms with Crippen molar-refractivity contribution in [3.05, 3.63) is 169 Å². The number of fused-ring (bicyclic) bond motifs is 1. The van der Waals surface area contributed by atoms with Crippen molar-refractivity contribution in [2.45, 2.75) is 52.4 Å². The molecule has 8 aromatic rings. The number of imidazole rings is 1. The molecule has 0 saturated heterocycles. The second-order valence-electron chi connectivity index (χ2n) is 15.5. The number of pyridine rings is 1. The van der Waals surface area contributed by atoms with Crippen molar-refractivity contribution >= 4 is 11.0 Å². The van der Waals surface area contributed by atoms with Gasteiger partial charge in [0.25, 0.3) is 0 Å². The molecule has 6 aromatic carbocycles. The molecule has 55 heavy (non-hydrogen) atoms. The number of hydrogen-bond donors (Lipinski definition) is 1. The minimum Gasteiger partial charge on any atom is -0.507 e. The summed E-state index contributed by atoms with van der Waals surface area (Å²) in [5, 5.41) is 11.3. The molecule has 8 rings (SSSR count). The summed E-state index contributed by atoms with van der Waals surface area (Å²) in [5.74, 6) is 0.597. The van der Waals surface area contributed by atoms with Crippen LogP contribution in [0.1, 0.15) is 63.6 Å². The first-order valence-electron chi connectivity index (χ1n) is 21.9. The molecule has 0 saturated carbocycles. The van der Waals surface area contributed by atoms with Crippen LogP contribution in [0.5, 0.6) is 5.75 Å². The summed E-state index contributed by atoms with van der Waals surface area (Å²) in [6.07, 6.45) is -0.519. The predicted octanol–water partition coefficient (Wildman–Crippen LogP) is 12.9. The number of rotatable bonds is 6. The van der Waals surface area contributed by atoms with Gasteiger partial charge in [0.1, 0.15) is 11.6 Å². The van der Waals surface area contributed by atoms with E-state index in [-0.39, 0.29) is 55.1 Å². The molecule has 0 atom stereocenters. The molecule has 0 aliphatic heterocycles. The average Bonchev–Trinajstić information content (AvgIpc) is 3.63. The molecule has 0 spiro atoms. The molecule has 2 aromatic heterocycles. The third-order valence-electron chi connectivity index (χ3n) is 9.61. The Hall–Kier alpha value is -5.57. The van der Waals surface area contributed by atoms with Crippen LogP contribution in [0.15, 0.2) is 152 Å². The number of phenolic OH excluding ortho intramolecular Hbond substituents is 1. The minimum absolute atomic E-state index is 0. The zero-order valence-corrected chi connectivity index (χ0v) is 33.7. The fourth-order valence-electron chi connectivity index (χ4n) is 6.77. The van der Waals surface area contributed by atoms with Gasteiger partial charge < -0.3 is 5.11 Å². The van der Waals surface area contributed by atoms with Gasteiger partial charge in [-0.1, -0.05) is 150 Å². The number of para-hydroxylation sites is 2. The number of hydrogen-bond acceptors (Lipinski definition) is 3. The van der Waals surface area contributed by atoms with Crippen LogP contribution in [-0.4, -0.2) is 19.6 Å². The summed E-state index contributed by atoms with van der Waals surface area (Å²) in [5.41, 5.74) is 7.12. The van der Waals surface area contributed by atoms with E-state index in [0.29, 0.717) is 33.6 Å². The summed E-state index contributed by atoms with van der Waals surface area (Å²) >= 11 is 0. The Kier molecular flexibility index (Phi) is 7.82. The van der Waals surface area contributed by atoms with Crippen molar-refractivity contribution in [3.63, 3.8) is 0 Å². The summed E-state index contributed by atoms with van der Waals surface area (Å²) < 4.78 is 71.0. The molecule has 0 bridgehead atoms. The van der Waals surface area contributed by atoms with Crippen molar-refractivity contribution in [1.29, 1.82) is 0 Å². The third-order valence-corrected chi connectivity index (χ3v) is 9.61. The topological polar surface area (TPSA) is 50.9 Å². The Balaban J connectivity index is 0.00000595. The van der Waals surface area contributed by atoms with Crippen LogP contribution in [0.4, 0.5) is 0 Å². The van der Waals surface area contributed by atoms with Crippen molar-refractivity contribution in [2.75, 3.05) is 0 Å². The van der Waals surface area contributed by atoms with Gasteiger partial charge in [-0.2, -0.15) is 0 Å². The second-order valence-corrected chi connectivity index (χ2v) is 15.5. The standard InChI is InChI=1S/C50H44N3O.Pt/c1-49(2,3)39-29-37(28-38(30-39)43-32-36(26-27-51-43)34-18-11-8-12-19-34)40-21-15-22-45-47(40)52-48(41-20-13-14-23-46(41)54)53(45)44-25-24-35(31-42(44)50(4,5)6)33-16-9-7-10-17-33;/h7-27,29-32,54H,1-6H3;/q-1;/i8D,11D,12D,18D,19D,26D,27D,32D;. The monoisotopic (exact) mass is 905 g/mol. The molecular formula is C50H44N3OPt-. The molecule has 4 nitrogen and oxygen atoms in total. The van der Waals surface area contributed by atoms with Crippen LogP contribution in [0.2, 0.25) is 0 Å². The van der Waals surface area contributed by atoms with Crippen LogP contribution in [0, 0.1) is 6.07 Å². The van der Waals surface area contributed by atoms with Crippen molar-refractivity contribution in [2.24, 2.45) is 0 Å². The van der Waals surface area contributed by atoms with Gasteiger partial charge in [-0.05, 0) is 75.0 Å². The quantitative estimate of drug-likeness (QED) is 0.169. The van der Waals surface area contributed by atoms with E-state index in [9.17, 15) is 6.48 Å². The van der Waals surface area contributed by atoms with Crippen LogP contribution in [0.25, 0.3) is 72.7 Å². The van der Waals surface area contributed by atoms with Gasteiger partial charge in [-0.3, -0.25) is 9.55 Å². The molecular weight excluding hydrogens is 854 g/mol. The van der Waals surface area contributed by atoms with E-state index in [1.807, 2.05) is 81.4 Å². The molecule has 0 amide bonds. The van der Waals surface area contributed by atoms with Gasteiger partial charge >= 0.3 is 0 Å². The van der Waals surface area contributed by atoms with Gasteiger partial charge in [0.15, 0.2) is 0 Å². The Labute approximate surface area is 350 Å². The first kappa shape index (κ1) is 28.8. The van der Waals surface area contributed by atoms with E-state index in [1.165, 1.54) is 0 Å². The predicted molar refractivity (Wildman–Crippen MR) is 224 cm³/mol. The Morgan fingerprint density at radius 3 is 2.09 bits per heavy atom.